The Hall–Kier alpha value is -1.90. The predicted molar refractivity (Wildman–Crippen MR) is 50.2 cm³/mol. The first-order chi connectivity index (χ1) is 6.36. The molecule has 1 N–H and O–H groups in total. The van der Waals surface area contributed by atoms with Gasteiger partial charge in [0, 0.05) is 22.7 Å². The van der Waals surface area contributed by atoms with Crippen molar-refractivity contribution >= 4 is 23.0 Å². The fraction of sp³-hybridized carbons (Fsp3) is 0. The maximum Gasteiger partial charge on any atom is 0.294 e. The number of nitrogens with zero attached hydrogens (tertiary/aromatic N) is 1. The highest BCUT2D eigenvalue weighted by Crippen LogP contribution is 2.24. The molecule has 0 aliphatic carbocycles. The second kappa shape index (κ2) is 2.07. The zero-order chi connectivity index (χ0) is 8.84. The molecule has 2 heterocycles. The molecule has 0 unspecified atom stereocenters. The summed E-state index contributed by atoms with van der Waals surface area (Å²) in [5.41, 5.74) is 2.52. The van der Waals surface area contributed by atoms with E-state index in [1.807, 2.05) is 24.3 Å². The van der Waals surface area contributed by atoms with E-state index in [1.54, 1.807) is 6.21 Å². The summed E-state index contributed by atoms with van der Waals surface area (Å²) in [6.45, 7) is 0. The molecule has 3 heteroatoms. The SMILES string of the molecule is O=C1N=Cc2c1[nH]c1ccccc21. The molecule has 0 fully saturated rings. The van der Waals surface area contributed by atoms with Gasteiger partial charge in [0.05, 0.1) is 0 Å². The lowest BCUT2D eigenvalue weighted by Crippen LogP contribution is -1.89. The molecule has 3 nitrogen and oxygen atoms in total. The molecule has 1 aromatic heterocycles. The van der Waals surface area contributed by atoms with Gasteiger partial charge in [0.25, 0.3) is 5.91 Å². The molecule has 13 heavy (non-hydrogen) atoms. The van der Waals surface area contributed by atoms with Gasteiger partial charge in [-0.1, -0.05) is 18.2 Å². The third-order valence-electron chi connectivity index (χ3n) is 2.27. The molecule has 1 aliphatic rings. The Bertz CT molecular complexity index is 537. The van der Waals surface area contributed by atoms with Gasteiger partial charge >= 0.3 is 0 Å². The molecule has 1 amide bonds. The van der Waals surface area contributed by atoms with Crippen LogP contribution >= 0.6 is 0 Å². The standard InChI is InChI=1S/C10H6N2O/c13-10-9-7(5-11-10)6-3-1-2-4-8(6)12-9/h1-5,12H. The maximum absolute atomic E-state index is 11.2. The largest absolute Gasteiger partial charge is 0.350 e. The summed E-state index contributed by atoms with van der Waals surface area (Å²) in [5, 5.41) is 1.06. The Balaban J connectivity index is 2.51. The van der Waals surface area contributed by atoms with Crippen molar-refractivity contribution in [3.63, 3.8) is 0 Å². The summed E-state index contributed by atoms with van der Waals surface area (Å²) < 4.78 is 0. The number of nitrogens with one attached hydrogen (secondary N) is 1. The molecule has 0 saturated carbocycles. The van der Waals surface area contributed by atoms with E-state index in [-0.39, 0.29) is 5.91 Å². The second-order valence-electron chi connectivity index (χ2n) is 3.02. The average Bonchev–Trinajstić information content (AvgIpc) is 2.67. The number of carbonyl (C=O) groups excluding carboxylic acids is 1. The lowest BCUT2D eigenvalue weighted by molar-refractivity contribution is 0.100. The van der Waals surface area contributed by atoms with Gasteiger partial charge in [-0.3, -0.25) is 4.79 Å². The summed E-state index contributed by atoms with van der Waals surface area (Å²) in [6.07, 6.45) is 1.62. The number of rotatable bonds is 0. The molecule has 0 radical (unpaired) electrons. The summed E-state index contributed by atoms with van der Waals surface area (Å²) in [4.78, 5) is 18.0. The Labute approximate surface area is 74.1 Å². The second-order valence-corrected chi connectivity index (χ2v) is 3.02. The number of benzene rings is 1. The number of aliphatic imine (C=N–C) groups is 1. The summed E-state index contributed by atoms with van der Waals surface area (Å²) in [6, 6.07) is 7.83. The third-order valence-corrected chi connectivity index (χ3v) is 2.27. The van der Waals surface area contributed by atoms with E-state index in [2.05, 4.69) is 9.98 Å². The smallest absolute Gasteiger partial charge is 0.294 e. The van der Waals surface area contributed by atoms with E-state index in [4.69, 9.17) is 0 Å². The summed E-state index contributed by atoms with van der Waals surface area (Å²) >= 11 is 0. The van der Waals surface area contributed by atoms with Gasteiger partial charge in [0.15, 0.2) is 0 Å². The number of carbonyl (C=O) groups is 1. The van der Waals surface area contributed by atoms with Crippen molar-refractivity contribution in [1.29, 1.82) is 0 Å². The van der Waals surface area contributed by atoms with Crippen LogP contribution in [0.4, 0.5) is 0 Å². The molecule has 62 valence electrons. The summed E-state index contributed by atoms with van der Waals surface area (Å²) in [7, 11) is 0. The van der Waals surface area contributed by atoms with Crippen molar-refractivity contribution in [2.24, 2.45) is 4.99 Å². The molecule has 1 aliphatic heterocycles. The monoisotopic (exact) mass is 170 g/mol. The molecule has 1 aromatic carbocycles. The third kappa shape index (κ3) is 0.731. The van der Waals surface area contributed by atoms with Crippen LogP contribution in [0, 0.1) is 0 Å². The lowest BCUT2D eigenvalue weighted by Gasteiger charge is -1.87. The number of hydrogen-bond acceptors (Lipinski definition) is 1. The van der Waals surface area contributed by atoms with Crippen LogP contribution in [-0.2, 0) is 0 Å². The topological polar surface area (TPSA) is 45.2 Å². The normalized spacial score (nSPS) is 14.0. The van der Waals surface area contributed by atoms with Gasteiger partial charge in [-0.25, -0.2) is 4.99 Å². The Morgan fingerprint density at radius 2 is 2.08 bits per heavy atom. The van der Waals surface area contributed by atoms with Gasteiger partial charge in [0.1, 0.15) is 5.69 Å². The number of hydrogen-bond donors (Lipinski definition) is 1. The number of amides is 1. The van der Waals surface area contributed by atoms with Crippen LogP contribution in [0.1, 0.15) is 16.1 Å². The fourth-order valence-corrected chi connectivity index (χ4v) is 1.65. The molecule has 0 atom stereocenters. The van der Waals surface area contributed by atoms with Crippen molar-refractivity contribution in [2.75, 3.05) is 0 Å². The van der Waals surface area contributed by atoms with Crippen molar-refractivity contribution in [1.82, 2.24) is 4.98 Å². The highest BCUT2D eigenvalue weighted by molar-refractivity contribution is 6.18. The Morgan fingerprint density at radius 1 is 1.23 bits per heavy atom. The van der Waals surface area contributed by atoms with E-state index >= 15 is 0 Å². The van der Waals surface area contributed by atoms with Crippen LogP contribution in [0.3, 0.4) is 0 Å². The van der Waals surface area contributed by atoms with Crippen LogP contribution < -0.4 is 0 Å². The van der Waals surface area contributed by atoms with Gasteiger partial charge in [-0.2, -0.15) is 0 Å². The van der Waals surface area contributed by atoms with Gasteiger partial charge < -0.3 is 4.98 Å². The number of aromatic nitrogens is 1. The average molecular weight is 170 g/mol. The Kier molecular flexibility index (Phi) is 1.05. The zero-order valence-electron chi connectivity index (χ0n) is 6.74. The van der Waals surface area contributed by atoms with E-state index in [0.717, 1.165) is 16.5 Å². The highest BCUT2D eigenvalue weighted by Gasteiger charge is 2.19. The van der Waals surface area contributed by atoms with Crippen LogP contribution in [0.5, 0.6) is 0 Å². The highest BCUT2D eigenvalue weighted by atomic mass is 16.1. The van der Waals surface area contributed by atoms with Gasteiger partial charge in [-0.05, 0) is 6.07 Å². The van der Waals surface area contributed by atoms with E-state index in [9.17, 15) is 4.79 Å². The predicted octanol–water partition coefficient (Wildman–Crippen LogP) is 1.74. The van der Waals surface area contributed by atoms with Crippen molar-refractivity contribution in [3.05, 3.63) is 35.5 Å². The fourth-order valence-electron chi connectivity index (χ4n) is 1.65. The number of H-pyrrole nitrogens is 1. The van der Waals surface area contributed by atoms with Gasteiger partial charge in [-0.15, -0.1) is 0 Å². The minimum Gasteiger partial charge on any atom is -0.350 e. The minimum absolute atomic E-state index is 0.175. The molecule has 3 rings (SSSR count). The van der Waals surface area contributed by atoms with Gasteiger partial charge in [0.2, 0.25) is 0 Å². The first-order valence-corrected chi connectivity index (χ1v) is 4.05. The number of aromatic amines is 1. The quantitative estimate of drug-likeness (QED) is 0.643. The van der Waals surface area contributed by atoms with E-state index in [1.165, 1.54) is 0 Å². The van der Waals surface area contributed by atoms with Crippen molar-refractivity contribution in [2.45, 2.75) is 0 Å². The molecule has 2 aromatic rings. The molecule has 0 bridgehead atoms. The first kappa shape index (κ1) is 6.60. The summed E-state index contributed by atoms with van der Waals surface area (Å²) in [5.74, 6) is -0.175. The zero-order valence-corrected chi connectivity index (χ0v) is 6.74. The molecular weight excluding hydrogens is 164 g/mol. The van der Waals surface area contributed by atoms with Crippen molar-refractivity contribution < 1.29 is 4.79 Å². The van der Waals surface area contributed by atoms with Crippen LogP contribution in [0.15, 0.2) is 29.3 Å². The molecule has 0 spiro atoms. The Morgan fingerprint density at radius 3 is 3.00 bits per heavy atom. The molecule has 0 saturated heterocycles. The minimum atomic E-state index is -0.175. The van der Waals surface area contributed by atoms with E-state index in [0.29, 0.717) is 5.69 Å². The maximum atomic E-state index is 11.2. The van der Waals surface area contributed by atoms with E-state index < -0.39 is 0 Å². The molecular formula is C10H6N2O. The van der Waals surface area contributed by atoms with Crippen LogP contribution in [0.2, 0.25) is 0 Å². The number of para-hydroxylation sites is 1. The van der Waals surface area contributed by atoms with Crippen molar-refractivity contribution in [3.8, 4) is 0 Å². The van der Waals surface area contributed by atoms with Crippen LogP contribution in [-0.4, -0.2) is 17.1 Å². The van der Waals surface area contributed by atoms with Crippen LogP contribution in [0.25, 0.3) is 10.9 Å². The number of fused-ring (bicyclic) bond motifs is 3. The lowest BCUT2D eigenvalue weighted by atomic mass is 10.1. The first-order valence-electron chi connectivity index (χ1n) is 4.05.